The number of hydrogen-bond donors (Lipinski definition) is 2. The number of rotatable bonds is 6. The number of Topliss-reactive ketones (excluding diaryl/α,β-unsaturated/α-hetero) is 1. The fraction of sp³-hybridized carbons (Fsp3) is 0.348. The summed E-state index contributed by atoms with van der Waals surface area (Å²) < 4.78 is 0. The fourth-order valence-corrected chi connectivity index (χ4v) is 3.84. The Bertz CT molecular complexity index is 935. The molecule has 3 rings (SSSR count). The van der Waals surface area contributed by atoms with Gasteiger partial charge in [0.25, 0.3) is 5.91 Å². The summed E-state index contributed by atoms with van der Waals surface area (Å²) in [5, 5.41) is 11.3. The van der Waals surface area contributed by atoms with Crippen molar-refractivity contribution in [2.75, 3.05) is 0 Å². The number of amides is 1. The Morgan fingerprint density at radius 3 is 2.43 bits per heavy atom. The molecule has 1 unspecified atom stereocenters. The number of ketones is 1. The lowest BCUT2D eigenvalue weighted by atomic mass is 9.91. The molecule has 1 atom stereocenters. The molecule has 5 nitrogen and oxygen atoms in total. The lowest BCUT2D eigenvalue weighted by Crippen LogP contribution is -2.44. The van der Waals surface area contributed by atoms with Crippen LogP contribution in [0, 0.1) is 11.3 Å². The minimum Gasteiger partial charge on any atom is -0.342 e. The predicted molar refractivity (Wildman–Crippen MR) is 111 cm³/mol. The van der Waals surface area contributed by atoms with Gasteiger partial charge in [-0.1, -0.05) is 50.2 Å². The van der Waals surface area contributed by atoms with Crippen molar-refractivity contribution < 1.29 is 9.59 Å². The molecule has 2 aromatic carbocycles. The highest BCUT2D eigenvalue weighted by atomic mass is 16.2. The van der Waals surface area contributed by atoms with Gasteiger partial charge in [-0.2, -0.15) is 0 Å². The normalized spacial score (nSPS) is 19.2. The van der Waals surface area contributed by atoms with E-state index in [1.807, 2.05) is 49.4 Å². The highest BCUT2D eigenvalue weighted by Crippen LogP contribution is 2.27. The molecule has 1 aliphatic rings. The molecule has 2 aromatic rings. The van der Waals surface area contributed by atoms with Crippen molar-refractivity contribution in [3.05, 3.63) is 59.7 Å². The minimum atomic E-state index is -0.724. The third-order valence-corrected chi connectivity index (χ3v) is 5.07. The van der Waals surface area contributed by atoms with Gasteiger partial charge >= 0.3 is 0 Å². The molecule has 2 N–H and O–H groups in total. The first kappa shape index (κ1) is 19.8. The number of benzene rings is 2. The summed E-state index contributed by atoms with van der Waals surface area (Å²) in [4.78, 5) is 26.1. The smallest absolute Gasteiger partial charge is 0.255 e. The lowest BCUT2D eigenvalue weighted by molar-refractivity contribution is -0.131. The van der Waals surface area contributed by atoms with E-state index in [0.29, 0.717) is 24.4 Å². The summed E-state index contributed by atoms with van der Waals surface area (Å²) in [6, 6.07) is 15.4. The molecule has 1 fully saturated rings. The Labute approximate surface area is 166 Å². The molecular weight excluding hydrogens is 350 g/mol. The van der Waals surface area contributed by atoms with Crippen LogP contribution in [-0.4, -0.2) is 28.1 Å². The molecule has 1 aliphatic heterocycles. The van der Waals surface area contributed by atoms with Gasteiger partial charge in [0.05, 0.1) is 6.54 Å². The van der Waals surface area contributed by atoms with Crippen LogP contribution >= 0.6 is 0 Å². The molecule has 0 saturated carbocycles. The number of guanidine groups is 1. The molecular formula is C23H27N3O2. The zero-order valence-electron chi connectivity index (χ0n) is 16.9. The highest BCUT2D eigenvalue weighted by molar-refractivity contribution is 6.07. The molecule has 1 amide bonds. The predicted octanol–water partition coefficient (Wildman–Crippen LogP) is 4.23. The van der Waals surface area contributed by atoms with E-state index in [4.69, 9.17) is 5.41 Å². The molecule has 0 aliphatic carbocycles. The molecule has 1 heterocycles. The third kappa shape index (κ3) is 3.98. The van der Waals surface area contributed by atoms with Gasteiger partial charge in [-0.25, -0.2) is 0 Å². The molecule has 0 bridgehead atoms. The van der Waals surface area contributed by atoms with E-state index in [0.717, 1.165) is 16.7 Å². The highest BCUT2D eigenvalue weighted by Gasteiger charge is 2.45. The van der Waals surface area contributed by atoms with Crippen LogP contribution in [0.5, 0.6) is 0 Å². The number of nitrogens with zero attached hydrogens (tertiary/aromatic N) is 1. The number of carbonyl (C=O) groups excluding carboxylic acids is 2. The molecule has 0 radical (unpaired) electrons. The van der Waals surface area contributed by atoms with E-state index in [2.05, 4.69) is 19.2 Å². The van der Waals surface area contributed by atoms with Crippen molar-refractivity contribution in [2.24, 2.45) is 5.92 Å². The summed E-state index contributed by atoms with van der Waals surface area (Å²) in [6.07, 6.45) is 0.683. The van der Waals surface area contributed by atoms with Crippen LogP contribution in [-0.2, 0) is 11.3 Å². The van der Waals surface area contributed by atoms with Crippen molar-refractivity contribution in [1.82, 2.24) is 10.2 Å². The van der Waals surface area contributed by atoms with Crippen LogP contribution in [0.1, 0.15) is 50.0 Å². The number of nitrogens with one attached hydrogen (secondary N) is 2. The molecule has 0 spiro atoms. The standard InChI is InChI=1S/C23H27N3O2/c1-15(2)13-23(4)21(28)26(22(24)25-23)14-17-7-5-9-19(11-17)20-10-6-8-18(12-20)16(3)27/h5-12,15H,13-14H2,1-4H3,(H2,24,25). The zero-order chi connectivity index (χ0) is 20.5. The van der Waals surface area contributed by atoms with Crippen LogP contribution in [0.2, 0.25) is 0 Å². The average Bonchev–Trinajstić information content (AvgIpc) is 2.84. The van der Waals surface area contributed by atoms with Crippen LogP contribution in [0.25, 0.3) is 11.1 Å². The summed E-state index contributed by atoms with van der Waals surface area (Å²) in [5.41, 5.74) is 2.84. The van der Waals surface area contributed by atoms with Gasteiger partial charge in [-0.15, -0.1) is 0 Å². The Hall–Kier alpha value is -2.95. The van der Waals surface area contributed by atoms with Gasteiger partial charge in [0.2, 0.25) is 0 Å². The third-order valence-electron chi connectivity index (χ3n) is 5.07. The van der Waals surface area contributed by atoms with E-state index in [1.165, 1.54) is 4.90 Å². The van der Waals surface area contributed by atoms with Crippen LogP contribution < -0.4 is 5.32 Å². The Morgan fingerprint density at radius 2 is 1.79 bits per heavy atom. The van der Waals surface area contributed by atoms with E-state index >= 15 is 0 Å². The summed E-state index contributed by atoms with van der Waals surface area (Å²) in [7, 11) is 0. The summed E-state index contributed by atoms with van der Waals surface area (Å²) in [6.45, 7) is 7.92. The first-order valence-electron chi connectivity index (χ1n) is 9.58. The van der Waals surface area contributed by atoms with Gasteiger partial charge in [0.1, 0.15) is 5.54 Å². The van der Waals surface area contributed by atoms with Crippen LogP contribution in [0.4, 0.5) is 0 Å². The van der Waals surface area contributed by atoms with Crippen molar-refractivity contribution >= 4 is 17.6 Å². The van der Waals surface area contributed by atoms with Crippen LogP contribution in [0.15, 0.2) is 48.5 Å². The van der Waals surface area contributed by atoms with Crippen molar-refractivity contribution in [3.8, 4) is 11.1 Å². The fourth-order valence-electron chi connectivity index (χ4n) is 3.84. The van der Waals surface area contributed by atoms with Crippen molar-refractivity contribution in [2.45, 2.75) is 46.2 Å². The van der Waals surface area contributed by atoms with E-state index in [-0.39, 0.29) is 17.6 Å². The monoisotopic (exact) mass is 377 g/mol. The second kappa shape index (κ2) is 7.58. The van der Waals surface area contributed by atoms with E-state index in [1.54, 1.807) is 13.0 Å². The number of hydrogen-bond acceptors (Lipinski definition) is 3. The SMILES string of the molecule is CC(=O)c1cccc(-c2cccc(CN3C(=N)NC(C)(CC(C)C)C3=O)c2)c1. The van der Waals surface area contributed by atoms with Gasteiger partial charge in [0, 0.05) is 5.56 Å². The van der Waals surface area contributed by atoms with Gasteiger partial charge in [-0.3, -0.25) is 19.9 Å². The first-order valence-corrected chi connectivity index (χ1v) is 9.58. The molecule has 28 heavy (non-hydrogen) atoms. The topological polar surface area (TPSA) is 73.3 Å². The maximum absolute atomic E-state index is 12.9. The van der Waals surface area contributed by atoms with Crippen molar-refractivity contribution in [3.63, 3.8) is 0 Å². The quantitative estimate of drug-likeness (QED) is 0.740. The Kier molecular flexibility index (Phi) is 5.36. The Balaban J connectivity index is 1.84. The molecule has 1 saturated heterocycles. The minimum absolute atomic E-state index is 0.0321. The second-order valence-corrected chi connectivity index (χ2v) is 8.13. The summed E-state index contributed by atoms with van der Waals surface area (Å²) >= 11 is 0. The largest absolute Gasteiger partial charge is 0.342 e. The molecule has 0 aromatic heterocycles. The molecule has 5 heteroatoms. The maximum atomic E-state index is 12.9. The zero-order valence-corrected chi connectivity index (χ0v) is 16.9. The van der Waals surface area contributed by atoms with Gasteiger partial charge in [-0.05, 0) is 55.0 Å². The van der Waals surface area contributed by atoms with E-state index in [9.17, 15) is 9.59 Å². The van der Waals surface area contributed by atoms with Gasteiger partial charge < -0.3 is 5.32 Å². The first-order chi connectivity index (χ1) is 13.2. The van der Waals surface area contributed by atoms with Crippen molar-refractivity contribution in [1.29, 1.82) is 5.41 Å². The summed E-state index contributed by atoms with van der Waals surface area (Å²) in [5.74, 6) is 0.475. The lowest BCUT2D eigenvalue weighted by Gasteiger charge is -2.24. The Morgan fingerprint density at radius 1 is 1.14 bits per heavy atom. The van der Waals surface area contributed by atoms with E-state index < -0.39 is 5.54 Å². The maximum Gasteiger partial charge on any atom is 0.255 e. The van der Waals surface area contributed by atoms with Crippen LogP contribution in [0.3, 0.4) is 0 Å². The second-order valence-electron chi connectivity index (χ2n) is 8.13. The molecule has 146 valence electrons. The van der Waals surface area contributed by atoms with Gasteiger partial charge in [0.15, 0.2) is 11.7 Å². The average molecular weight is 377 g/mol. The number of carbonyl (C=O) groups is 2.